The number of hydrogen-bond acceptors (Lipinski definition) is 3. The highest BCUT2D eigenvalue weighted by molar-refractivity contribution is 5.88. The number of carbonyl (C=O) groups excluding carboxylic acids is 2. The summed E-state index contributed by atoms with van der Waals surface area (Å²) in [6.45, 7) is 7.69. The van der Waals surface area contributed by atoms with E-state index in [0.29, 0.717) is 18.0 Å². The van der Waals surface area contributed by atoms with Crippen LogP contribution in [0, 0.1) is 6.92 Å². The molecule has 0 bridgehead atoms. The van der Waals surface area contributed by atoms with Crippen molar-refractivity contribution in [3.05, 3.63) is 95.6 Å². The van der Waals surface area contributed by atoms with E-state index in [9.17, 15) is 9.59 Å². The molecule has 0 saturated heterocycles. The van der Waals surface area contributed by atoms with Gasteiger partial charge in [0.05, 0.1) is 6.04 Å². The Hall–Kier alpha value is -3.60. The van der Waals surface area contributed by atoms with Crippen molar-refractivity contribution in [2.75, 3.05) is 5.32 Å². The van der Waals surface area contributed by atoms with Crippen LogP contribution >= 0.6 is 0 Å². The van der Waals surface area contributed by atoms with Gasteiger partial charge in [0.15, 0.2) is 6.10 Å². The van der Waals surface area contributed by atoms with Crippen molar-refractivity contribution in [1.29, 1.82) is 0 Å². The van der Waals surface area contributed by atoms with E-state index < -0.39 is 6.10 Å². The molecule has 166 valence electrons. The summed E-state index contributed by atoms with van der Waals surface area (Å²) in [6.07, 6.45) is -0.651. The maximum atomic E-state index is 13.5. The monoisotopic (exact) mass is 430 g/mol. The fourth-order valence-electron chi connectivity index (χ4n) is 3.62. The Morgan fingerprint density at radius 1 is 0.938 bits per heavy atom. The highest BCUT2D eigenvalue weighted by Gasteiger charge is 2.27. The van der Waals surface area contributed by atoms with Crippen LogP contribution in [0.1, 0.15) is 43.5 Å². The lowest BCUT2D eigenvalue weighted by atomic mass is 10.0. The van der Waals surface area contributed by atoms with E-state index in [1.807, 2.05) is 97.6 Å². The molecule has 3 aromatic carbocycles. The average molecular weight is 431 g/mol. The predicted molar refractivity (Wildman–Crippen MR) is 127 cm³/mol. The SMILES string of the molecule is CC(=O)Nc1cccc([C@@H](C)N(Cc2ccccc2)C(=O)[C@H](C)Oc2cccc(C)c2)c1. The van der Waals surface area contributed by atoms with Crippen LogP contribution in [0.2, 0.25) is 0 Å². The zero-order valence-corrected chi connectivity index (χ0v) is 19.0. The molecule has 5 heteroatoms. The van der Waals surface area contributed by atoms with Gasteiger partial charge in [-0.15, -0.1) is 0 Å². The van der Waals surface area contributed by atoms with Gasteiger partial charge < -0.3 is 15.0 Å². The normalized spacial score (nSPS) is 12.5. The molecule has 3 rings (SSSR count). The van der Waals surface area contributed by atoms with Gasteiger partial charge >= 0.3 is 0 Å². The molecule has 0 spiro atoms. The quantitative estimate of drug-likeness (QED) is 0.513. The van der Waals surface area contributed by atoms with E-state index >= 15 is 0 Å². The number of nitrogens with one attached hydrogen (secondary N) is 1. The number of hydrogen-bond donors (Lipinski definition) is 1. The van der Waals surface area contributed by atoms with Crippen molar-refractivity contribution >= 4 is 17.5 Å². The number of nitrogens with zero attached hydrogens (tertiary/aromatic N) is 1. The fourth-order valence-corrected chi connectivity index (χ4v) is 3.62. The molecule has 0 radical (unpaired) electrons. The van der Waals surface area contributed by atoms with E-state index in [-0.39, 0.29) is 17.9 Å². The Bertz CT molecular complexity index is 1070. The zero-order chi connectivity index (χ0) is 23.1. The van der Waals surface area contributed by atoms with Crippen LogP contribution in [0.25, 0.3) is 0 Å². The van der Waals surface area contributed by atoms with Gasteiger partial charge in [0.1, 0.15) is 5.75 Å². The van der Waals surface area contributed by atoms with Crippen LogP contribution in [0.15, 0.2) is 78.9 Å². The number of aryl methyl sites for hydroxylation is 1. The summed E-state index contributed by atoms with van der Waals surface area (Å²) in [4.78, 5) is 26.8. The third-order valence-corrected chi connectivity index (χ3v) is 5.29. The van der Waals surface area contributed by atoms with Crippen LogP contribution in [-0.2, 0) is 16.1 Å². The molecule has 2 amide bonds. The summed E-state index contributed by atoms with van der Waals surface area (Å²) in [5, 5.41) is 2.81. The van der Waals surface area contributed by atoms with Crippen molar-refractivity contribution in [2.45, 2.75) is 46.4 Å². The van der Waals surface area contributed by atoms with Gasteiger partial charge in [-0.25, -0.2) is 0 Å². The van der Waals surface area contributed by atoms with Crippen molar-refractivity contribution in [3.63, 3.8) is 0 Å². The lowest BCUT2D eigenvalue weighted by Crippen LogP contribution is -2.41. The molecular weight excluding hydrogens is 400 g/mol. The first-order chi connectivity index (χ1) is 15.3. The standard InChI is InChI=1S/C27H30N2O3/c1-19-10-8-15-26(16-19)32-21(3)27(31)29(18-23-11-6-5-7-12-23)20(2)24-13-9-14-25(17-24)28-22(4)30/h5-17,20-21H,18H2,1-4H3,(H,28,30)/t20-,21+/m1/s1. The van der Waals surface area contributed by atoms with E-state index in [1.165, 1.54) is 6.92 Å². The highest BCUT2D eigenvalue weighted by Crippen LogP contribution is 2.26. The van der Waals surface area contributed by atoms with Gasteiger partial charge in [-0.2, -0.15) is 0 Å². The Labute approximate surface area is 190 Å². The minimum Gasteiger partial charge on any atom is -0.481 e. The summed E-state index contributed by atoms with van der Waals surface area (Å²) in [6, 6.07) is 25.0. The molecule has 0 aliphatic carbocycles. The van der Waals surface area contributed by atoms with Crippen molar-refractivity contribution in [1.82, 2.24) is 4.90 Å². The molecule has 5 nitrogen and oxygen atoms in total. The number of ether oxygens (including phenoxy) is 1. The summed E-state index contributed by atoms with van der Waals surface area (Å²) in [7, 11) is 0. The number of anilines is 1. The molecule has 0 aliphatic heterocycles. The lowest BCUT2D eigenvalue weighted by molar-refractivity contribution is -0.141. The molecule has 0 heterocycles. The number of carbonyl (C=O) groups is 2. The smallest absolute Gasteiger partial charge is 0.264 e. The summed E-state index contributed by atoms with van der Waals surface area (Å²) in [5.41, 5.74) is 3.75. The van der Waals surface area contributed by atoms with Gasteiger partial charge in [-0.1, -0.05) is 54.6 Å². The third kappa shape index (κ3) is 6.20. The van der Waals surface area contributed by atoms with E-state index in [1.54, 1.807) is 6.92 Å². The largest absolute Gasteiger partial charge is 0.481 e. The predicted octanol–water partition coefficient (Wildman–Crippen LogP) is 5.51. The topological polar surface area (TPSA) is 58.6 Å². The third-order valence-electron chi connectivity index (χ3n) is 5.29. The van der Waals surface area contributed by atoms with Gasteiger partial charge in [0.25, 0.3) is 5.91 Å². The van der Waals surface area contributed by atoms with Crippen LogP contribution < -0.4 is 10.1 Å². The summed E-state index contributed by atoms with van der Waals surface area (Å²) < 4.78 is 5.99. The zero-order valence-electron chi connectivity index (χ0n) is 19.0. The summed E-state index contributed by atoms with van der Waals surface area (Å²) in [5.74, 6) is 0.436. The van der Waals surface area contributed by atoms with Crippen molar-refractivity contribution in [3.8, 4) is 5.75 Å². The maximum Gasteiger partial charge on any atom is 0.264 e. The maximum absolute atomic E-state index is 13.5. The molecule has 32 heavy (non-hydrogen) atoms. The van der Waals surface area contributed by atoms with E-state index in [2.05, 4.69) is 5.32 Å². The molecule has 1 N–H and O–H groups in total. The fraction of sp³-hybridized carbons (Fsp3) is 0.259. The van der Waals surface area contributed by atoms with Crippen LogP contribution in [0.4, 0.5) is 5.69 Å². The molecule has 0 unspecified atom stereocenters. The first kappa shape index (κ1) is 23.1. The van der Waals surface area contributed by atoms with Crippen LogP contribution in [0.5, 0.6) is 5.75 Å². The van der Waals surface area contributed by atoms with E-state index in [4.69, 9.17) is 4.74 Å². The second-order valence-electron chi connectivity index (χ2n) is 8.01. The first-order valence-corrected chi connectivity index (χ1v) is 10.8. The molecule has 2 atom stereocenters. The highest BCUT2D eigenvalue weighted by atomic mass is 16.5. The van der Waals surface area contributed by atoms with Crippen LogP contribution in [0.3, 0.4) is 0 Å². The second-order valence-corrected chi connectivity index (χ2v) is 8.01. The first-order valence-electron chi connectivity index (χ1n) is 10.8. The van der Waals surface area contributed by atoms with Gasteiger partial charge in [-0.3, -0.25) is 9.59 Å². The number of amides is 2. The van der Waals surface area contributed by atoms with Gasteiger partial charge in [-0.05, 0) is 61.7 Å². The minimum atomic E-state index is -0.651. The Balaban J connectivity index is 1.87. The molecular formula is C27H30N2O3. The molecule has 3 aromatic rings. The average Bonchev–Trinajstić information content (AvgIpc) is 2.77. The van der Waals surface area contributed by atoms with Crippen LogP contribution in [-0.4, -0.2) is 22.8 Å². The summed E-state index contributed by atoms with van der Waals surface area (Å²) >= 11 is 0. The Morgan fingerprint density at radius 3 is 2.34 bits per heavy atom. The lowest BCUT2D eigenvalue weighted by Gasteiger charge is -2.32. The molecule has 0 saturated carbocycles. The van der Waals surface area contributed by atoms with Gasteiger partial charge in [0, 0.05) is 19.2 Å². The number of rotatable bonds is 8. The van der Waals surface area contributed by atoms with E-state index in [0.717, 1.165) is 16.7 Å². The minimum absolute atomic E-state index is 0.104. The Kier molecular flexibility index (Phi) is 7.66. The molecule has 0 fully saturated rings. The van der Waals surface area contributed by atoms with Crippen molar-refractivity contribution < 1.29 is 14.3 Å². The number of benzene rings is 3. The second kappa shape index (κ2) is 10.6. The van der Waals surface area contributed by atoms with Crippen molar-refractivity contribution in [2.24, 2.45) is 0 Å². The van der Waals surface area contributed by atoms with Gasteiger partial charge in [0.2, 0.25) is 5.91 Å². The molecule has 0 aliphatic rings. The Morgan fingerprint density at radius 2 is 1.66 bits per heavy atom. The molecule has 0 aromatic heterocycles.